The van der Waals surface area contributed by atoms with Crippen molar-refractivity contribution in [2.75, 3.05) is 18.5 Å². The van der Waals surface area contributed by atoms with Gasteiger partial charge >= 0.3 is 0 Å². The molecule has 0 radical (unpaired) electrons. The van der Waals surface area contributed by atoms with Crippen molar-refractivity contribution in [3.63, 3.8) is 0 Å². The van der Waals surface area contributed by atoms with Gasteiger partial charge in [-0.3, -0.25) is 4.79 Å². The molecule has 0 heterocycles. The van der Waals surface area contributed by atoms with Crippen molar-refractivity contribution in [1.29, 1.82) is 0 Å². The lowest BCUT2D eigenvalue weighted by Crippen LogP contribution is -2.34. The zero-order chi connectivity index (χ0) is 14.1. The molecule has 1 amide bonds. The highest BCUT2D eigenvalue weighted by atomic mass is 16.3. The van der Waals surface area contributed by atoms with Crippen molar-refractivity contribution >= 4 is 11.6 Å². The zero-order valence-electron chi connectivity index (χ0n) is 11.4. The van der Waals surface area contributed by atoms with E-state index in [1.807, 2.05) is 18.2 Å². The number of amides is 1. The van der Waals surface area contributed by atoms with Gasteiger partial charge in [0.15, 0.2) is 0 Å². The average Bonchev–Trinajstić information content (AvgIpc) is 2.44. The van der Waals surface area contributed by atoms with Crippen LogP contribution in [-0.4, -0.2) is 30.2 Å². The summed E-state index contributed by atoms with van der Waals surface area (Å²) in [4.78, 5) is 11.8. The summed E-state index contributed by atoms with van der Waals surface area (Å²) in [5.41, 5.74) is 1.59. The van der Waals surface area contributed by atoms with Crippen molar-refractivity contribution in [3.8, 4) is 0 Å². The monoisotopic (exact) mass is 262 g/mol. The van der Waals surface area contributed by atoms with Crippen LogP contribution < -0.4 is 10.6 Å². The van der Waals surface area contributed by atoms with Crippen LogP contribution in [0.25, 0.3) is 0 Å². The van der Waals surface area contributed by atoms with Crippen molar-refractivity contribution in [3.05, 3.63) is 42.5 Å². The molecule has 0 aliphatic heterocycles. The van der Waals surface area contributed by atoms with Crippen LogP contribution >= 0.6 is 0 Å². The van der Waals surface area contributed by atoms with E-state index in [0.29, 0.717) is 5.56 Å². The highest BCUT2D eigenvalue weighted by Crippen LogP contribution is 2.10. The third-order valence-corrected chi connectivity index (χ3v) is 2.71. The summed E-state index contributed by atoms with van der Waals surface area (Å²) in [7, 11) is 0. The van der Waals surface area contributed by atoms with E-state index in [9.17, 15) is 4.79 Å². The Morgan fingerprint density at radius 1 is 1.42 bits per heavy atom. The van der Waals surface area contributed by atoms with Gasteiger partial charge in [0.1, 0.15) is 0 Å². The molecular formula is C15H22N2O2. The quantitative estimate of drug-likeness (QED) is 0.497. The van der Waals surface area contributed by atoms with E-state index in [1.165, 1.54) is 0 Å². The molecule has 0 saturated heterocycles. The first-order valence-electron chi connectivity index (χ1n) is 6.54. The summed E-state index contributed by atoms with van der Waals surface area (Å²) in [5, 5.41) is 14.9. The Bertz CT molecular complexity index is 401. The highest BCUT2D eigenvalue weighted by Gasteiger charge is 2.08. The van der Waals surface area contributed by atoms with Gasteiger partial charge in [-0.25, -0.2) is 0 Å². The molecule has 1 rings (SSSR count). The molecular weight excluding hydrogens is 240 g/mol. The van der Waals surface area contributed by atoms with Crippen LogP contribution in [0.4, 0.5) is 5.69 Å². The van der Waals surface area contributed by atoms with Gasteiger partial charge in [-0.15, -0.1) is 6.58 Å². The van der Waals surface area contributed by atoms with Crippen molar-refractivity contribution in [2.24, 2.45) is 0 Å². The first-order chi connectivity index (χ1) is 9.17. The number of nitrogens with one attached hydrogen (secondary N) is 2. The molecule has 4 heteroatoms. The highest BCUT2D eigenvalue weighted by molar-refractivity contribution is 5.94. The van der Waals surface area contributed by atoms with Gasteiger partial charge in [0.25, 0.3) is 5.91 Å². The maximum atomic E-state index is 11.8. The van der Waals surface area contributed by atoms with Gasteiger partial charge in [-0.1, -0.05) is 6.08 Å². The lowest BCUT2D eigenvalue weighted by Gasteiger charge is -2.11. The molecule has 19 heavy (non-hydrogen) atoms. The minimum atomic E-state index is -0.232. The number of carbonyl (C=O) groups is 1. The van der Waals surface area contributed by atoms with Crippen LogP contribution in [0.1, 0.15) is 30.1 Å². The molecule has 0 bridgehead atoms. The number of hydrogen-bond acceptors (Lipinski definition) is 3. The largest absolute Gasteiger partial charge is 0.394 e. The van der Waals surface area contributed by atoms with Gasteiger partial charge in [0.2, 0.25) is 0 Å². The number of carbonyl (C=O) groups excluding carboxylic acids is 1. The number of unbranched alkanes of at least 4 members (excludes halogenated alkanes) is 1. The minimum absolute atomic E-state index is 0.0608. The average molecular weight is 262 g/mol. The molecule has 0 fully saturated rings. The second kappa shape index (κ2) is 8.32. The first-order valence-corrected chi connectivity index (χ1v) is 6.54. The molecule has 1 aromatic carbocycles. The molecule has 4 nitrogen and oxygen atoms in total. The minimum Gasteiger partial charge on any atom is -0.394 e. The van der Waals surface area contributed by atoms with E-state index in [1.54, 1.807) is 19.1 Å². The van der Waals surface area contributed by atoms with E-state index >= 15 is 0 Å². The van der Waals surface area contributed by atoms with Gasteiger partial charge in [0.05, 0.1) is 6.61 Å². The van der Waals surface area contributed by atoms with Gasteiger partial charge in [-0.2, -0.15) is 0 Å². The fraction of sp³-hybridized carbons (Fsp3) is 0.400. The van der Waals surface area contributed by atoms with Crippen LogP contribution in [0.5, 0.6) is 0 Å². The smallest absolute Gasteiger partial charge is 0.251 e. The molecule has 0 aromatic heterocycles. The molecule has 104 valence electrons. The molecule has 0 saturated carbocycles. The van der Waals surface area contributed by atoms with Crippen LogP contribution in [0.15, 0.2) is 36.9 Å². The van der Waals surface area contributed by atoms with E-state index in [0.717, 1.165) is 25.1 Å². The predicted molar refractivity (Wildman–Crippen MR) is 78.4 cm³/mol. The SMILES string of the molecule is C=CCCCNc1ccc(C(=O)NC(C)CO)cc1. The Balaban J connectivity index is 2.46. The number of rotatable bonds is 8. The Labute approximate surface area is 114 Å². The van der Waals surface area contributed by atoms with E-state index in [-0.39, 0.29) is 18.6 Å². The summed E-state index contributed by atoms with van der Waals surface area (Å²) in [6.45, 7) is 6.26. The van der Waals surface area contributed by atoms with Gasteiger partial charge in [-0.05, 0) is 44.0 Å². The van der Waals surface area contributed by atoms with Crippen LogP contribution in [-0.2, 0) is 0 Å². The maximum Gasteiger partial charge on any atom is 0.251 e. The topological polar surface area (TPSA) is 61.4 Å². The third kappa shape index (κ3) is 5.57. The second-order valence-electron chi connectivity index (χ2n) is 4.49. The number of benzene rings is 1. The number of allylic oxidation sites excluding steroid dienone is 1. The van der Waals surface area contributed by atoms with E-state index in [4.69, 9.17) is 5.11 Å². The molecule has 0 spiro atoms. The van der Waals surface area contributed by atoms with Crippen LogP contribution in [0.2, 0.25) is 0 Å². The van der Waals surface area contributed by atoms with Crippen LogP contribution in [0, 0.1) is 0 Å². The van der Waals surface area contributed by atoms with Crippen molar-refractivity contribution in [1.82, 2.24) is 5.32 Å². The molecule has 1 atom stereocenters. The number of anilines is 1. The van der Waals surface area contributed by atoms with Crippen molar-refractivity contribution < 1.29 is 9.90 Å². The normalized spacial score (nSPS) is 11.7. The summed E-state index contributed by atoms with van der Waals surface area (Å²) in [6.07, 6.45) is 3.93. The first kappa shape index (κ1) is 15.2. The predicted octanol–water partition coefficient (Wildman–Crippen LogP) is 2.18. The Kier molecular flexibility index (Phi) is 6.68. The summed E-state index contributed by atoms with van der Waals surface area (Å²) in [5.74, 6) is -0.167. The summed E-state index contributed by atoms with van der Waals surface area (Å²) >= 11 is 0. The van der Waals surface area contributed by atoms with E-state index in [2.05, 4.69) is 17.2 Å². The van der Waals surface area contributed by atoms with Gasteiger partial charge < -0.3 is 15.7 Å². The second-order valence-corrected chi connectivity index (χ2v) is 4.49. The van der Waals surface area contributed by atoms with Gasteiger partial charge in [0, 0.05) is 23.8 Å². The van der Waals surface area contributed by atoms with Crippen LogP contribution in [0.3, 0.4) is 0 Å². The molecule has 3 N–H and O–H groups in total. The molecule has 1 unspecified atom stereocenters. The molecule has 1 aromatic rings. The standard InChI is InChI=1S/C15H22N2O2/c1-3-4-5-10-16-14-8-6-13(7-9-14)15(19)17-12(2)11-18/h3,6-9,12,16,18H,1,4-5,10-11H2,2H3,(H,17,19). The van der Waals surface area contributed by atoms with E-state index < -0.39 is 0 Å². The number of aliphatic hydroxyl groups excluding tert-OH is 1. The number of aliphatic hydroxyl groups is 1. The fourth-order valence-electron chi connectivity index (χ4n) is 1.57. The third-order valence-electron chi connectivity index (χ3n) is 2.71. The summed E-state index contributed by atoms with van der Waals surface area (Å²) < 4.78 is 0. The Morgan fingerprint density at radius 3 is 2.68 bits per heavy atom. The lowest BCUT2D eigenvalue weighted by atomic mass is 10.2. The number of hydrogen-bond donors (Lipinski definition) is 3. The fourth-order valence-corrected chi connectivity index (χ4v) is 1.57. The zero-order valence-corrected chi connectivity index (χ0v) is 11.4. The lowest BCUT2D eigenvalue weighted by molar-refractivity contribution is 0.0922. The molecule has 0 aliphatic carbocycles. The van der Waals surface area contributed by atoms with Crippen molar-refractivity contribution in [2.45, 2.75) is 25.8 Å². The Hall–Kier alpha value is -1.81. The summed E-state index contributed by atoms with van der Waals surface area (Å²) in [6, 6.07) is 7.08. The Morgan fingerprint density at radius 2 is 2.11 bits per heavy atom. The maximum absolute atomic E-state index is 11.8. The molecule has 0 aliphatic rings.